The molecule has 3 heterocycles. The molecule has 1 amide bonds. The summed E-state index contributed by atoms with van der Waals surface area (Å²) in [5, 5.41) is 12.5. The first-order valence-electron chi connectivity index (χ1n) is 8.70. The van der Waals surface area contributed by atoms with Crippen LogP contribution in [0.25, 0.3) is 11.1 Å². The molecule has 0 aliphatic carbocycles. The van der Waals surface area contributed by atoms with Crippen molar-refractivity contribution < 1.29 is 9.21 Å². The summed E-state index contributed by atoms with van der Waals surface area (Å²) in [6.07, 6.45) is 1.46. The Morgan fingerprint density at radius 3 is 2.89 bits per heavy atom. The number of halogens is 1. The molecule has 1 unspecified atom stereocenters. The van der Waals surface area contributed by atoms with E-state index in [-0.39, 0.29) is 17.9 Å². The number of carbonyl (C=O) groups is 1. The summed E-state index contributed by atoms with van der Waals surface area (Å²) in [6, 6.07) is 5.76. The van der Waals surface area contributed by atoms with Crippen molar-refractivity contribution in [3.63, 3.8) is 0 Å². The van der Waals surface area contributed by atoms with Gasteiger partial charge in [-0.15, -0.1) is 10.2 Å². The molecule has 1 saturated heterocycles. The van der Waals surface area contributed by atoms with Crippen LogP contribution in [0.2, 0.25) is 5.02 Å². The van der Waals surface area contributed by atoms with Gasteiger partial charge in [0.2, 0.25) is 11.0 Å². The van der Waals surface area contributed by atoms with Gasteiger partial charge in [0.1, 0.15) is 10.5 Å². The average Bonchev–Trinajstić information content (AvgIpc) is 3.27. The number of aromatic nitrogens is 3. The second-order valence-electron chi connectivity index (χ2n) is 6.58. The number of hydrogen-bond donors (Lipinski definition) is 2. The van der Waals surface area contributed by atoms with E-state index in [0.717, 1.165) is 18.4 Å². The highest BCUT2D eigenvalue weighted by Crippen LogP contribution is 2.28. The minimum atomic E-state index is -0.202. The number of nitrogens with zero attached hydrogens (tertiary/aromatic N) is 4. The van der Waals surface area contributed by atoms with Crippen LogP contribution in [0.4, 0.5) is 11.1 Å². The highest BCUT2D eigenvalue weighted by atomic mass is 35.5. The second kappa shape index (κ2) is 7.32. The van der Waals surface area contributed by atoms with Gasteiger partial charge >= 0.3 is 0 Å². The number of oxazole rings is 1. The lowest BCUT2D eigenvalue weighted by Gasteiger charge is -2.30. The number of anilines is 2. The SMILES string of the molecule is CC(NC(=O)C1CCN(c2nc3ccc(Cl)cc3o2)CC1)c1nnc(N)s1. The number of piperidine rings is 1. The summed E-state index contributed by atoms with van der Waals surface area (Å²) >= 11 is 7.28. The van der Waals surface area contributed by atoms with Crippen LogP contribution >= 0.6 is 22.9 Å². The molecule has 10 heteroatoms. The molecule has 0 spiro atoms. The van der Waals surface area contributed by atoms with Gasteiger partial charge in [-0.25, -0.2) is 0 Å². The van der Waals surface area contributed by atoms with Gasteiger partial charge in [-0.2, -0.15) is 4.98 Å². The fourth-order valence-electron chi connectivity index (χ4n) is 3.17. The summed E-state index contributed by atoms with van der Waals surface area (Å²) in [7, 11) is 0. The molecule has 2 aromatic heterocycles. The van der Waals surface area contributed by atoms with Crippen molar-refractivity contribution in [1.29, 1.82) is 0 Å². The number of carbonyl (C=O) groups excluding carboxylic acids is 1. The van der Waals surface area contributed by atoms with E-state index >= 15 is 0 Å². The standard InChI is InChI=1S/C17H19ClN6O2S/c1-9(15-22-23-16(19)27-15)20-14(25)10-4-6-24(7-5-10)17-21-12-3-2-11(18)8-13(12)26-17/h2-3,8-10H,4-7H2,1H3,(H2,19,23)(H,20,25). The van der Waals surface area contributed by atoms with Crippen molar-refractivity contribution in [1.82, 2.24) is 20.5 Å². The molecule has 4 rings (SSSR count). The van der Waals surface area contributed by atoms with E-state index in [4.69, 9.17) is 21.8 Å². The maximum absolute atomic E-state index is 12.6. The summed E-state index contributed by atoms with van der Waals surface area (Å²) in [6.45, 7) is 3.30. The zero-order chi connectivity index (χ0) is 19.0. The molecule has 142 valence electrons. The molecular formula is C17H19ClN6O2S. The Hall–Kier alpha value is -2.39. The summed E-state index contributed by atoms with van der Waals surface area (Å²) in [5.41, 5.74) is 7.05. The molecule has 1 aliphatic rings. The zero-order valence-electron chi connectivity index (χ0n) is 14.7. The van der Waals surface area contributed by atoms with Crippen molar-refractivity contribution in [2.24, 2.45) is 5.92 Å². The van der Waals surface area contributed by atoms with Crippen LogP contribution in [0, 0.1) is 5.92 Å². The monoisotopic (exact) mass is 406 g/mol. The van der Waals surface area contributed by atoms with E-state index in [0.29, 0.717) is 39.8 Å². The smallest absolute Gasteiger partial charge is 0.298 e. The van der Waals surface area contributed by atoms with Gasteiger partial charge in [0, 0.05) is 30.1 Å². The summed E-state index contributed by atoms with van der Waals surface area (Å²) in [4.78, 5) is 19.1. The predicted octanol–water partition coefficient (Wildman–Crippen LogP) is 3.01. The van der Waals surface area contributed by atoms with Crippen LogP contribution in [0.5, 0.6) is 0 Å². The number of benzene rings is 1. The van der Waals surface area contributed by atoms with Crippen molar-refractivity contribution in [3.05, 3.63) is 28.2 Å². The predicted molar refractivity (Wildman–Crippen MR) is 105 cm³/mol. The van der Waals surface area contributed by atoms with Gasteiger partial charge in [-0.05, 0) is 31.9 Å². The third-order valence-corrected chi connectivity index (χ3v) is 5.83. The summed E-state index contributed by atoms with van der Waals surface area (Å²) in [5.74, 6) is -0.0203. The topological polar surface area (TPSA) is 110 Å². The Balaban J connectivity index is 1.35. The first-order valence-corrected chi connectivity index (χ1v) is 9.89. The molecule has 1 fully saturated rings. The normalized spacial score (nSPS) is 16.6. The Bertz CT molecular complexity index is 965. The molecule has 3 aromatic rings. The van der Waals surface area contributed by atoms with Crippen LogP contribution in [0.3, 0.4) is 0 Å². The molecule has 1 aromatic carbocycles. The molecule has 3 N–H and O–H groups in total. The van der Waals surface area contributed by atoms with E-state index < -0.39 is 0 Å². The summed E-state index contributed by atoms with van der Waals surface area (Å²) < 4.78 is 5.81. The van der Waals surface area contributed by atoms with Crippen LogP contribution in [0.15, 0.2) is 22.6 Å². The Morgan fingerprint density at radius 1 is 1.41 bits per heavy atom. The van der Waals surface area contributed by atoms with E-state index in [1.54, 1.807) is 12.1 Å². The van der Waals surface area contributed by atoms with Gasteiger partial charge < -0.3 is 20.4 Å². The number of rotatable bonds is 4. The van der Waals surface area contributed by atoms with E-state index in [1.165, 1.54) is 11.3 Å². The number of nitrogen functional groups attached to an aromatic ring is 1. The lowest BCUT2D eigenvalue weighted by molar-refractivity contribution is -0.126. The van der Waals surface area contributed by atoms with Crippen molar-refractivity contribution >= 4 is 51.1 Å². The lowest BCUT2D eigenvalue weighted by Crippen LogP contribution is -2.41. The first kappa shape index (κ1) is 18.0. The molecule has 1 atom stereocenters. The van der Waals surface area contributed by atoms with Gasteiger partial charge in [0.05, 0.1) is 6.04 Å². The first-order chi connectivity index (χ1) is 13.0. The van der Waals surface area contributed by atoms with Crippen LogP contribution in [-0.2, 0) is 4.79 Å². The number of nitrogens with two attached hydrogens (primary N) is 1. The van der Waals surface area contributed by atoms with Gasteiger partial charge in [0.15, 0.2) is 5.58 Å². The fraction of sp³-hybridized carbons (Fsp3) is 0.412. The number of amides is 1. The lowest BCUT2D eigenvalue weighted by atomic mass is 9.96. The number of fused-ring (bicyclic) bond motifs is 1. The number of nitrogens with one attached hydrogen (secondary N) is 1. The Morgan fingerprint density at radius 2 is 2.19 bits per heavy atom. The largest absolute Gasteiger partial charge is 0.423 e. The minimum absolute atomic E-state index is 0.0280. The molecule has 0 radical (unpaired) electrons. The van der Waals surface area contributed by atoms with Crippen molar-refractivity contribution in [2.75, 3.05) is 23.7 Å². The maximum atomic E-state index is 12.6. The molecule has 27 heavy (non-hydrogen) atoms. The molecule has 0 saturated carbocycles. The van der Waals surface area contributed by atoms with Crippen LogP contribution in [0.1, 0.15) is 30.8 Å². The van der Waals surface area contributed by atoms with Gasteiger partial charge in [-0.1, -0.05) is 22.9 Å². The quantitative estimate of drug-likeness (QED) is 0.685. The number of hydrogen-bond acceptors (Lipinski definition) is 8. The molecule has 8 nitrogen and oxygen atoms in total. The van der Waals surface area contributed by atoms with Crippen molar-refractivity contribution in [2.45, 2.75) is 25.8 Å². The minimum Gasteiger partial charge on any atom is -0.423 e. The Labute approximate surface area is 164 Å². The Kier molecular flexibility index (Phi) is 4.88. The van der Waals surface area contributed by atoms with Gasteiger partial charge in [0.25, 0.3) is 6.01 Å². The van der Waals surface area contributed by atoms with E-state index in [9.17, 15) is 4.79 Å². The third-order valence-electron chi connectivity index (χ3n) is 4.66. The molecular weight excluding hydrogens is 388 g/mol. The highest BCUT2D eigenvalue weighted by molar-refractivity contribution is 7.15. The second-order valence-corrected chi connectivity index (χ2v) is 8.06. The third kappa shape index (κ3) is 3.84. The fourth-order valence-corrected chi connectivity index (χ4v) is 3.94. The molecule has 0 bridgehead atoms. The van der Waals surface area contributed by atoms with Gasteiger partial charge in [-0.3, -0.25) is 4.79 Å². The molecule has 1 aliphatic heterocycles. The van der Waals surface area contributed by atoms with Crippen LogP contribution < -0.4 is 16.0 Å². The van der Waals surface area contributed by atoms with E-state index in [1.807, 2.05) is 13.0 Å². The zero-order valence-corrected chi connectivity index (χ0v) is 16.3. The highest BCUT2D eigenvalue weighted by Gasteiger charge is 2.28. The maximum Gasteiger partial charge on any atom is 0.298 e. The van der Waals surface area contributed by atoms with E-state index in [2.05, 4.69) is 25.4 Å². The van der Waals surface area contributed by atoms with Crippen molar-refractivity contribution in [3.8, 4) is 0 Å². The van der Waals surface area contributed by atoms with Crippen LogP contribution in [-0.4, -0.2) is 34.2 Å². The average molecular weight is 407 g/mol.